The predicted octanol–water partition coefficient (Wildman–Crippen LogP) is 3.38. The van der Waals surface area contributed by atoms with Gasteiger partial charge in [0.2, 0.25) is 11.8 Å². The van der Waals surface area contributed by atoms with Gasteiger partial charge in [0.15, 0.2) is 0 Å². The minimum absolute atomic E-state index is 0.0840. The Bertz CT molecular complexity index is 1420. The van der Waals surface area contributed by atoms with Crippen LogP contribution in [0.3, 0.4) is 0 Å². The molecule has 3 unspecified atom stereocenters. The van der Waals surface area contributed by atoms with Crippen molar-refractivity contribution in [1.82, 2.24) is 25.0 Å². The second-order valence-corrected chi connectivity index (χ2v) is 11.9. The van der Waals surface area contributed by atoms with E-state index in [2.05, 4.69) is 22.4 Å². The Kier molecular flexibility index (Phi) is 8.09. The molecule has 4 N–H and O–H groups in total. The molecule has 218 valence electrons. The number of benzene rings is 2. The predicted molar refractivity (Wildman–Crippen MR) is 161 cm³/mol. The van der Waals surface area contributed by atoms with Crippen molar-refractivity contribution >= 4 is 28.7 Å². The summed E-state index contributed by atoms with van der Waals surface area (Å²) in [7, 11) is 5.31. The van der Waals surface area contributed by atoms with E-state index in [1.54, 1.807) is 11.9 Å². The maximum atomic E-state index is 14.2. The molecule has 2 heterocycles. The Labute approximate surface area is 242 Å². The molecule has 9 nitrogen and oxygen atoms in total. The van der Waals surface area contributed by atoms with Crippen molar-refractivity contribution in [3.05, 3.63) is 71.4 Å². The molecule has 0 saturated carbocycles. The molecule has 5 rings (SSSR count). The maximum Gasteiger partial charge on any atom is 0.317 e. The van der Waals surface area contributed by atoms with E-state index < -0.39 is 6.04 Å². The molecule has 2 aliphatic rings. The minimum atomic E-state index is -0.741. The molecule has 4 amide bonds. The number of piperidine rings is 1. The number of carbonyl (C=O) groups is 3. The standard InChI is InChI=1S/C32H42N6O3/c1-21(25-20-34-27-12-8-6-10-23(25)27)28(35-31(41)37(4)18-15-33)30(40)38-16-13-32(14-17-38)19-24(29(39)36(2)3)22-9-5-7-11-26(22)32/h5-12,20-21,24,28,34H,13-19,33H2,1-4H3,(H,35,41). The highest BCUT2D eigenvalue weighted by Crippen LogP contribution is 2.52. The number of nitrogens with zero attached hydrogens (tertiary/aromatic N) is 3. The van der Waals surface area contributed by atoms with Crippen molar-refractivity contribution in [3.8, 4) is 0 Å². The molecule has 1 spiro atoms. The van der Waals surface area contributed by atoms with Gasteiger partial charge in [-0.3, -0.25) is 9.59 Å². The van der Waals surface area contributed by atoms with Crippen molar-refractivity contribution < 1.29 is 14.4 Å². The number of H-pyrrole nitrogens is 1. The molecule has 3 atom stereocenters. The van der Waals surface area contributed by atoms with Crippen LogP contribution in [0, 0.1) is 0 Å². The number of nitrogens with two attached hydrogens (primary N) is 1. The van der Waals surface area contributed by atoms with E-state index in [1.807, 2.05) is 68.5 Å². The lowest BCUT2D eigenvalue weighted by atomic mass is 9.73. The molecule has 0 radical (unpaired) electrons. The summed E-state index contributed by atoms with van der Waals surface area (Å²) < 4.78 is 0. The lowest BCUT2D eigenvalue weighted by molar-refractivity contribution is -0.136. The molecule has 2 aromatic carbocycles. The number of hydrogen-bond donors (Lipinski definition) is 3. The number of hydrogen-bond acceptors (Lipinski definition) is 4. The zero-order valence-corrected chi connectivity index (χ0v) is 24.5. The normalized spacial score (nSPS) is 19.0. The van der Waals surface area contributed by atoms with Crippen LogP contribution in [0.1, 0.15) is 54.7 Å². The highest BCUT2D eigenvalue weighted by molar-refractivity contribution is 5.90. The van der Waals surface area contributed by atoms with Gasteiger partial charge in [-0.25, -0.2) is 4.79 Å². The number of fused-ring (bicyclic) bond motifs is 3. The molecule has 1 fully saturated rings. The highest BCUT2D eigenvalue weighted by Gasteiger charge is 2.49. The van der Waals surface area contributed by atoms with Crippen LogP contribution in [0.25, 0.3) is 10.9 Å². The second-order valence-electron chi connectivity index (χ2n) is 11.9. The Morgan fingerprint density at radius 2 is 1.76 bits per heavy atom. The molecule has 1 aliphatic carbocycles. The molecule has 1 saturated heterocycles. The smallest absolute Gasteiger partial charge is 0.317 e. The largest absolute Gasteiger partial charge is 0.361 e. The van der Waals surface area contributed by atoms with E-state index in [1.165, 1.54) is 10.5 Å². The fourth-order valence-corrected chi connectivity index (χ4v) is 6.84. The number of likely N-dealkylation sites (N-methyl/N-ethyl adjacent to an activating group) is 2. The van der Waals surface area contributed by atoms with Crippen LogP contribution < -0.4 is 11.1 Å². The van der Waals surface area contributed by atoms with Gasteiger partial charge < -0.3 is 30.7 Å². The number of likely N-dealkylation sites (tertiary alicyclic amines) is 1. The molecule has 0 bridgehead atoms. The van der Waals surface area contributed by atoms with Gasteiger partial charge in [-0.05, 0) is 42.0 Å². The average Bonchev–Trinajstić information content (AvgIpc) is 3.55. The third kappa shape index (κ3) is 5.30. The first-order chi connectivity index (χ1) is 19.7. The number of rotatable bonds is 7. The van der Waals surface area contributed by atoms with Crippen LogP contribution in [-0.4, -0.2) is 90.9 Å². The van der Waals surface area contributed by atoms with Gasteiger partial charge in [0.1, 0.15) is 6.04 Å². The molecular formula is C32H42N6O3. The van der Waals surface area contributed by atoms with Gasteiger partial charge in [0.25, 0.3) is 0 Å². The van der Waals surface area contributed by atoms with E-state index in [9.17, 15) is 14.4 Å². The van der Waals surface area contributed by atoms with Gasteiger partial charge in [-0.15, -0.1) is 0 Å². The Hall–Kier alpha value is -3.85. The number of carbonyl (C=O) groups excluding carboxylic acids is 3. The van der Waals surface area contributed by atoms with Crippen LogP contribution >= 0.6 is 0 Å². The molecule has 1 aromatic heterocycles. The number of aromatic amines is 1. The number of para-hydroxylation sites is 1. The quantitative estimate of drug-likeness (QED) is 0.412. The van der Waals surface area contributed by atoms with Crippen LogP contribution in [0.2, 0.25) is 0 Å². The number of nitrogens with one attached hydrogen (secondary N) is 2. The average molecular weight is 559 g/mol. The highest BCUT2D eigenvalue weighted by atomic mass is 16.2. The third-order valence-corrected chi connectivity index (χ3v) is 9.24. The summed E-state index contributed by atoms with van der Waals surface area (Å²) in [5.41, 5.74) is 9.90. The van der Waals surface area contributed by atoms with Crippen LogP contribution in [-0.2, 0) is 15.0 Å². The Morgan fingerprint density at radius 3 is 2.46 bits per heavy atom. The monoisotopic (exact) mass is 558 g/mol. The molecule has 3 aromatic rings. The first kappa shape index (κ1) is 28.7. The van der Waals surface area contributed by atoms with Crippen LogP contribution in [0.15, 0.2) is 54.7 Å². The lowest BCUT2D eigenvalue weighted by Crippen LogP contribution is -2.56. The first-order valence-corrected chi connectivity index (χ1v) is 14.5. The van der Waals surface area contributed by atoms with Crippen molar-refractivity contribution in [3.63, 3.8) is 0 Å². The van der Waals surface area contributed by atoms with Crippen LogP contribution in [0.4, 0.5) is 4.79 Å². The number of urea groups is 1. The van der Waals surface area contributed by atoms with Crippen molar-refractivity contribution in [1.29, 1.82) is 0 Å². The fourth-order valence-electron chi connectivity index (χ4n) is 6.84. The lowest BCUT2D eigenvalue weighted by Gasteiger charge is -2.42. The van der Waals surface area contributed by atoms with E-state index in [-0.39, 0.29) is 35.1 Å². The third-order valence-electron chi connectivity index (χ3n) is 9.24. The summed E-state index contributed by atoms with van der Waals surface area (Å²) in [4.78, 5) is 48.8. The zero-order chi connectivity index (χ0) is 29.3. The topological polar surface area (TPSA) is 115 Å². The SMILES string of the molecule is CC(c1c[nH]c2ccccc12)C(NC(=O)N(C)CCN)C(=O)N1CCC2(CC1)CC(C(=O)N(C)C)c1ccccc12. The molecule has 9 heteroatoms. The molecular weight excluding hydrogens is 516 g/mol. The second kappa shape index (κ2) is 11.6. The van der Waals surface area contributed by atoms with E-state index >= 15 is 0 Å². The van der Waals surface area contributed by atoms with Crippen molar-refractivity contribution in [2.24, 2.45) is 5.73 Å². The fraction of sp³-hybridized carbons (Fsp3) is 0.469. The van der Waals surface area contributed by atoms with Gasteiger partial charge in [-0.2, -0.15) is 0 Å². The van der Waals surface area contributed by atoms with E-state index in [4.69, 9.17) is 5.73 Å². The van der Waals surface area contributed by atoms with Gasteiger partial charge in [0.05, 0.1) is 5.92 Å². The Morgan fingerprint density at radius 1 is 1.07 bits per heavy atom. The van der Waals surface area contributed by atoms with Crippen molar-refractivity contribution in [2.45, 2.75) is 49.5 Å². The first-order valence-electron chi connectivity index (χ1n) is 14.5. The molecule has 1 aliphatic heterocycles. The summed E-state index contributed by atoms with van der Waals surface area (Å²) in [5, 5.41) is 4.08. The van der Waals surface area contributed by atoms with Crippen molar-refractivity contribution in [2.75, 3.05) is 47.3 Å². The maximum absolute atomic E-state index is 14.2. The summed E-state index contributed by atoms with van der Waals surface area (Å²) >= 11 is 0. The van der Waals surface area contributed by atoms with Gasteiger partial charge in [-0.1, -0.05) is 49.4 Å². The van der Waals surface area contributed by atoms with Crippen LogP contribution in [0.5, 0.6) is 0 Å². The van der Waals surface area contributed by atoms with E-state index in [0.29, 0.717) is 26.2 Å². The van der Waals surface area contributed by atoms with Gasteiger partial charge >= 0.3 is 6.03 Å². The molecule has 41 heavy (non-hydrogen) atoms. The summed E-state index contributed by atoms with van der Waals surface area (Å²) in [5.74, 6) is -0.376. The number of amides is 4. The van der Waals surface area contributed by atoms with Gasteiger partial charge in [0, 0.05) is 75.8 Å². The summed E-state index contributed by atoms with van der Waals surface area (Å²) in [6.07, 6.45) is 4.26. The number of aromatic nitrogens is 1. The summed E-state index contributed by atoms with van der Waals surface area (Å²) in [6.45, 7) is 3.88. The zero-order valence-electron chi connectivity index (χ0n) is 24.5. The Balaban J connectivity index is 1.38. The summed E-state index contributed by atoms with van der Waals surface area (Å²) in [6, 6.07) is 15.2. The minimum Gasteiger partial charge on any atom is -0.361 e. The van der Waals surface area contributed by atoms with E-state index in [0.717, 1.165) is 41.3 Å².